The third-order valence-electron chi connectivity index (χ3n) is 11.4. The molecule has 9 aromatic carbocycles. The van der Waals surface area contributed by atoms with E-state index in [4.69, 9.17) is 13.1 Å². The Kier molecular flexibility index (Phi) is 6.42. The van der Waals surface area contributed by atoms with Crippen molar-refractivity contribution >= 4 is 98.1 Å². The number of hydrogen-bond acceptors (Lipinski definition) is 2. The first-order chi connectivity index (χ1) is 27.7. The van der Waals surface area contributed by atoms with Gasteiger partial charge in [-0.1, -0.05) is 121 Å². The number of nitrogens with zero attached hydrogens (tertiary/aromatic N) is 6. The summed E-state index contributed by atoms with van der Waals surface area (Å²) in [6, 6.07) is 53.8. The van der Waals surface area contributed by atoms with Crippen LogP contribution in [0.5, 0.6) is 0 Å². The molecule has 0 N–H and O–H groups in total. The predicted octanol–water partition coefficient (Wildman–Crippen LogP) is 13.3. The van der Waals surface area contributed by atoms with E-state index < -0.39 is 0 Å². The van der Waals surface area contributed by atoms with E-state index >= 15 is 0 Å². The van der Waals surface area contributed by atoms with Gasteiger partial charge in [-0.25, -0.2) is 9.69 Å². The second-order valence-electron chi connectivity index (χ2n) is 14.0. The summed E-state index contributed by atoms with van der Waals surface area (Å²) in [6.07, 6.45) is 0. The van der Waals surface area contributed by atoms with Crippen LogP contribution in [-0.2, 0) is 0 Å². The van der Waals surface area contributed by atoms with Gasteiger partial charge in [0.25, 0.3) is 0 Å². The summed E-state index contributed by atoms with van der Waals surface area (Å²) in [5, 5.41) is 34.7. The Labute approximate surface area is 319 Å². The fraction of sp³-hybridized carbons (Fsp3) is 0. The molecule has 6 nitrogen and oxygen atoms in total. The molecular weight excluding hydrogens is 685 g/mol. The van der Waals surface area contributed by atoms with Gasteiger partial charge in [0.1, 0.15) is 0 Å². The van der Waals surface area contributed by atoms with Crippen LogP contribution in [0.2, 0.25) is 0 Å². The third kappa shape index (κ3) is 3.94. The minimum Gasteiger partial charge on any atom is -0.329 e. The first kappa shape index (κ1) is 31.1. The van der Waals surface area contributed by atoms with Gasteiger partial charge < -0.3 is 9.13 Å². The molecule has 2 heterocycles. The fourth-order valence-corrected chi connectivity index (χ4v) is 9.14. The molecule has 0 amide bonds. The monoisotopic (exact) mass is 708 g/mol. The number of rotatable bonds is 2. The van der Waals surface area contributed by atoms with Gasteiger partial charge in [0.05, 0.1) is 69.9 Å². The van der Waals surface area contributed by atoms with Crippen LogP contribution in [-0.4, -0.2) is 9.13 Å². The SMILES string of the molecule is [C-]#[N+]c1c(C#N)c(-n2c3ccc4ccccc4c3c3c4ccccc4ccc32)c(C#N)c([N+]#[C-])c1-n1c2ccc3ccccc3c2c2c3ccccc3ccc21. The maximum atomic E-state index is 11.2. The summed E-state index contributed by atoms with van der Waals surface area (Å²) in [7, 11) is 0. The van der Waals surface area contributed by atoms with Crippen molar-refractivity contribution in [3.05, 3.63) is 180 Å². The van der Waals surface area contributed by atoms with Crippen LogP contribution >= 0.6 is 0 Å². The molecule has 2 aromatic heterocycles. The van der Waals surface area contributed by atoms with Gasteiger partial charge in [-0.3, -0.25) is 0 Å². The molecule has 56 heavy (non-hydrogen) atoms. The molecule has 0 aliphatic carbocycles. The van der Waals surface area contributed by atoms with Crippen LogP contribution in [0.3, 0.4) is 0 Å². The summed E-state index contributed by atoms with van der Waals surface area (Å²) in [5.74, 6) is 0. The topological polar surface area (TPSA) is 66.2 Å². The van der Waals surface area contributed by atoms with E-state index in [2.05, 4.69) is 70.4 Å². The molecule has 0 aliphatic heterocycles. The van der Waals surface area contributed by atoms with Gasteiger partial charge in [0, 0.05) is 21.5 Å². The lowest BCUT2D eigenvalue weighted by molar-refractivity contribution is 1.14. The number of aromatic nitrogens is 2. The maximum Gasteiger partial charge on any atom is 0.219 e. The lowest BCUT2D eigenvalue weighted by Crippen LogP contribution is -2.06. The molecule has 11 aromatic rings. The van der Waals surface area contributed by atoms with E-state index in [0.717, 1.165) is 86.7 Å². The predicted molar refractivity (Wildman–Crippen MR) is 227 cm³/mol. The lowest BCUT2D eigenvalue weighted by atomic mass is 10.00. The molecule has 0 bridgehead atoms. The molecule has 0 atom stereocenters. The van der Waals surface area contributed by atoms with Crippen molar-refractivity contribution in [1.82, 2.24) is 9.13 Å². The van der Waals surface area contributed by atoms with Gasteiger partial charge in [-0.05, 0) is 67.4 Å². The van der Waals surface area contributed by atoms with Gasteiger partial charge in [0.2, 0.25) is 11.4 Å². The average molecular weight is 709 g/mol. The Bertz CT molecular complexity index is 3270. The molecule has 0 radical (unpaired) electrons. The van der Waals surface area contributed by atoms with Gasteiger partial charge >= 0.3 is 0 Å². The van der Waals surface area contributed by atoms with Gasteiger partial charge in [-0.15, -0.1) is 0 Å². The smallest absolute Gasteiger partial charge is 0.219 e. The Morgan fingerprint density at radius 1 is 0.375 bits per heavy atom. The number of benzene rings is 9. The van der Waals surface area contributed by atoms with E-state index in [9.17, 15) is 10.5 Å². The summed E-state index contributed by atoms with van der Waals surface area (Å²) >= 11 is 0. The lowest BCUT2D eigenvalue weighted by Gasteiger charge is -2.20. The maximum absolute atomic E-state index is 11.2. The first-order valence-electron chi connectivity index (χ1n) is 18.1. The fourth-order valence-electron chi connectivity index (χ4n) is 9.14. The molecular formula is C50H24N6. The Morgan fingerprint density at radius 2 is 0.661 bits per heavy atom. The molecule has 11 rings (SSSR count). The zero-order valence-corrected chi connectivity index (χ0v) is 29.5. The highest BCUT2D eigenvalue weighted by atomic mass is 15.1. The van der Waals surface area contributed by atoms with Crippen LogP contribution in [0.1, 0.15) is 11.1 Å². The molecule has 6 heteroatoms. The van der Waals surface area contributed by atoms with Gasteiger partial charge in [-0.2, -0.15) is 10.5 Å². The van der Waals surface area contributed by atoms with Crippen molar-refractivity contribution < 1.29 is 0 Å². The Balaban J connectivity index is 1.36. The largest absolute Gasteiger partial charge is 0.329 e. The zero-order chi connectivity index (χ0) is 37.7. The quantitative estimate of drug-likeness (QED) is 0.168. The molecule has 0 fully saturated rings. The van der Waals surface area contributed by atoms with Gasteiger partial charge in [0.15, 0.2) is 0 Å². The van der Waals surface area contributed by atoms with Crippen molar-refractivity contribution in [3.63, 3.8) is 0 Å². The van der Waals surface area contributed by atoms with E-state index in [-0.39, 0.29) is 33.9 Å². The van der Waals surface area contributed by atoms with Crippen molar-refractivity contribution in [3.8, 4) is 23.5 Å². The molecule has 0 aliphatic rings. The molecule has 0 saturated carbocycles. The zero-order valence-electron chi connectivity index (χ0n) is 29.5. The Morgan fingerprint density at radius 3 is 0.946 bits per heavy atom. The molecule has 0 unspecified atom stereocenters. The minimum absolute atomic E-state index is 0.0178. The van der Waals surface area contributed by atoms with E-state index in [0.29, 0.717) is 0 Å². The van der Waals surface area contributed by atoms with Crippen molar-refractivity contribution in [2.45, 2.75) is 0 Å². The second kappa shape index (κ2) is 11.5. The number of hydrogen-bond donors (Lipinski definition) is 0. The third-order valence-corrected chi connectivity index (χ3v) is 11.4. The summed E-state index contributed by atoms with van der Waals surface area (Å²) < 4.78 is 3.86. The summed E-state index contributed by atoms with van der Waals surface area (Å²) in [6.45, 7) is 17.5. The van der Waals surface area contributed by atoms with E-state index in [1.54, 1.807) is 0 Å². The number of fused-ring (bicyclic) bond motifs is 14. The first-order valence-corrected chi connectivity index (χ1v) is 18.1. The molecule has 0 spiro atoms. The van der Waals surface area contributed by atoms with Crippen molar-refractivity contribution in [2.24, 2.45) is 0 Å². The average Bonchev–Trinajstić information content (AvgIpc) is 3.79. The standard InChI is InChI=1S/C50H24N6/c1-53-47-37(27-51)49(55-39-23-19-29-11-3-7-15-33(29)43(39)44-34-16-8-4-12-30(34)20-24-40(44)55)38(28-52)48(54-2)50(47)56-41-25-21-31-13-5-9-17-35(31)45(41)46-36-18-10-6-14-32(36)22-26-42(46)56/h3-26H. The highest BCUT2D eigenvalue weighted by Crippen LogP contribution is 2.50. The summed E-state index contributed by atoms with van der Waals surface area (Å²) in [5.41, 5.74) is 3.68. The Hall–Kier alpha value is -8.42. The molecule has 0 saturated heterocycles. The van der Waals surface area contributed by atoms with E-state index in [1.165, 1.54) is 0 Å². The minimum atomic E-state index is 0.0178. The van der Waals surface area contributed by atoms with Crippen LogP contribution in [0.15, 0.2) is 146 Å². The highest BCUT2D eigenvalue weighted by Gasteiger charge is 2.31. The highest BCUT2D eigenvalue weighted by molar-refractivity contribution is 6.30. The number of nitriles is 2. The van der Waals surface area contributed by atoms with Crippen LogP contribution < -0.4 is 0 Å². The van der Waals surface area contributed by atoms with Crippen LogP contribution in [0.25, 0.3) is 108 Å². The second-order valence-corrected chi connectivity index (χ2v) is 14.0. The van der Waals surface area contributed by atoms with Crippen molar-refractivity contribution in [1.29, 1.82) is 10.5 Å². The molecule has 254 valence electrons. The van der Waals surface area contributed by atoms with E-state index in [1.807, 2.05) is 106 Å². The summed E-state index contributed by atoms with van der Waals surface area (Å²) in [4.78, 5) is 8.18. The van der Waals surface area contributed by atoms with Crippen LogP contribution in [0, 0.1) is 35.8 Å². The van der Waals surface area contributed by atoms with Crippen LogP contribution in [0.4, 0.5) is 11.4 Å². The normalized spacial score (nSPS) is 11.5. The van der Waals surface area contributed by atoms with Crippen molar-refractivity contribution in [2.75, 3.05) is 0 Å².